The summed E-state index contributed by atoms with van der Waals surface area (Å²) >= 11 is 0. The zero-order valence-corrected chi connectivity index (χ0v) is 13.3. The Morgan fingerprint density at radius 1 is 1.26 bits per heavy atom. The van der Waals surface area contributed by atoms with E-state index >= 15 is 0 Å². The van der Waals surface area contributed by atoms with Gasteiger partial charge in [-0.25, -0.2) is 4.98 Å². The number of aryl methyl sites for hydroxylation is 1. The molecule has 1 heterocycles. The summed E-state index contributed by atoms with van der Waals surface area (Å²) in [5.41, 5.74) is 2.90. The van der Waals surface area contributed by atoms with E-state index in [0.29, 0.717) is 23.1 Å². The van der Waals surface area contributed by atoms with Gasteiger partial charge in [-0.2, -0.15) is 0 Å². The zero-order valence-electron chi connectivity index (χ0n) is 12.4. The Morgan fingerprint density at radius 2 is 2.00 bits per heavy atom. The summed E-state index contributed by atoms with van der Waals surface area (Å²) in [7, 11) is 0. The molecule has 3 rings (SSSR count). The van der Waals surface area contributed by atoms with Crippen molar-refractivity contribution in [2.75, 3.05) is 18.5 Å². The molecule has 0 bridgehead atoms. The number of aromatic nitrogens is 1. The highest BCUT2D eigenvalue weighted by Crippen LogP contribution is 2.37. The lowest BCUT2D eigenvalue weighted by molar-refractivity contribution is -0.383. The molecule has 0 fully saturated rings. The van der Waals surface area contributed by atoms with Crippen LogP contribution in [0.2, 0.25) is 0 Å². The van der Waals surface area contributed by atoms with Gasteiger partial charge in [-0.05, 0) is 18.6 Å². The van der Waals surface area contributed by atoms with E-state index in [1.54, 1.807) is 6.07 Å². The van der Waals surface area contributed by atoms with Gasteiger partial charge in [-0.1, -0.05) is 24.3 Å². The number of halogens is 1. The number of anilines is 1. The molecule has 0 aliphatic heterocycles. The van der Waals surface area contributed by atoms with E-state index in [1.807, 2.05) is 31.2 Å². The standard InChI is InChI=1S/C16H15N3O3.ClH/c1-10-6-7-13(19(21)22)14-15(10)18-12-5-3-2-4-11(12)16(14)17-8-9-20;/h2-7,20H,8-9H2,1H3,(H,17,18);1H. The van der Waals surface area contributed by atoms with Crippen LogP contribution in [0.1, 0.15) is 5.56 Å². The number of aliphatic hydroxyl groups excluding tert-OH is 1. The highest BCUT2D eigenvalue weighted by atomic mass is 35.5. The van der Waals surface area contributed by atoms with Gasteiger partial charge in [0.15, 0.2) is 0 Å². The minimum atomic E-state index is -0.400. The smallest absolute Gasteiger partial charge is 0.280 e. The third-order valence-corrected chi connectivity index (χ3v) is 3.62. The molecule has 0 radical (unpaired) electrons. The molecule has 1 aromatic heterocycles. The summed E-state index contributed by atoms with van der Waals surface area (Å²) < 4.78 is 0. The molecule has 0 unspecified atom stereocenters. The molecule has 6 nitrogen and oxygen atoms in total. The van der Waals surface area contributed by atoms with Crippen LogP contribution in [0.5, 0.6) is 0 Å². The van der Waals surface area contributed by atoms with Crippen LogP contribution in [0.3, 0.4) is 0 Å². The quantitative estimate of drug-likeness (QED) is 0.434. The fourth-order valence-electron chi connectivity index (χ4n) is 2.63. The molecule has 0 atom stereocenters. The van der Waals surface area contributed by atoms with Gasteiger partial charge < -0.3 is 10.4 Å². The number of aliphatic hydroxyl groups is 1. The molecule has 0 aliphatic carbocycles. The lowest BCUT2D eigenvalue weighted by Gasteiger charge is -2.13. The molecule has 0 spiro atoms. The normalized spacial score (nSPS) is 10.5. The first-order valence-electron chi connectivity index (χ1n) is 6.94. The lowest BCUT2D eigenvalue weighted by atomic mass is 10.0. The topological polar surface area (TPSA) is 88.3 Å². The monoisotopic (exact) mass is 333 g/mol. The van der Waals surface area contributed by atoms with Crippen molar-refractivity contribution in [3.8, 4) is 0 Å². The minimum Gasteiger partial charge on any atom is -0.395 e. The van der Waals surface area contributed by atoms with Crippen molar-refractivity contribution in [3.63, 3.8) is 0 Å². The molecule has 120 valence electrons. The number of nitro benzene ring substituents is 1. The first-order chi connectivity index (χ1) is 10.6. The van der Waals surface area contributed by atoms with Crippen LogP contribution in [0, 0.1) is 17.0 Å². The maximum atomic E-state index is 11.4. The number of pyridine rings is 1. The molecule has 0 saturated carbocycles. The number of benzene rings is 2. The average molecular weight is 334 g/mol. The Kier molecular flexibility index (Phi) is 4.98. The van der Waals surface area contributed by atoms with Crippen LogP contribution in [-0.2, 0) is 0 Å². The van der Waals surface area contributed by atoms with Crippen molar-refractivity contribution >= 4 is 45.6 Å². The summed E-state index contributed by atoms with van der Waals surface area (Å²) in [4.78, 5) is 15.6. The molecular formula is C16H16ClN3O3. The maximum Gasteiger partial charge on any atom is 0.280 e. The fourth-order valence-corrected chi connectivity index (χ4v) is 2.63. The number of para-hydroxylation sites is 1. The number of nitro groups is 1. The largest absolute Gasteiger partial charge is 0.395 e. The summed E-state index contributed by atoms with van der Waals surface area (Å²) in [6.45, 7) is 2.13. The van der Waals surface area contributed by atoms with E-state index in [0.717, 1.165) is 16.5 Å². The van der Waals surface area contributed by atoms with Crippen molar-refractivity contribution in [1.29, 1.82) is 0 Å². The molecule has 3 aromatic rings. The van der Waals surface area contributed by atoms with Gasteiger partial charge in [0.25, 0.3) is 5.69 Å². The van der Waals surface area contributed by atoms with E-state index in [9.17, 15) is 10.1 Å². The molecular weight excluding hydrogens is 318 g/mol. The number of hydrogen-bond acceptors (Lipinski definition) is 5. The van der Waals surface area contributed by atoms with Crippen molar-refractivity contribution < 1.29 is 10.0 Å². The van der Waals surface area contributed by atoms with Crippen molar-refractivity contribution in [2.45, 2.75) is 6.92 Å². The SMILES string of the molecule is Cc1ccc([N+](=O)[O-])c2c(NCCO)c3ccccc3nc12.Cl. The molecule has 23 heavy (non-hydrogen) atoms. The van der Waals surface area contributed by atoms with E-state index in [1.165, 1.54) is 6.07 Å². The number of non-ortho nitro benzene ring substituents is 1. The molecule has 7 heteroatoms. The Bertz CT molecular complexity index is 883. The van der Waals surface area contributed by atoms with E-state index in [2.05, 4.69) is 10.3 Å². The minimum absolute atomic E-state index is 0. The Morgan fingerprint density at radius 3 is 2.70 bits per heavy atom. The van der Waals surface area contributed by atoms with Gasteiger partial charge in [0.2, 0.25) is 0 Å². The summed E-state index contributed by atoms with van der Waals surface area (Å²) in [6, 6.07) is 10.7. The maximum absolute atomic E-state index is 11.4. The molecule has 2 aromatic carbocycles. The number of rotatable bonds is 4. The highest BCUT2D eigenvalue weighted by molar-refractivity contribution is 6.11. The number of hydrogen-bond donors (Lipinski definition) is 2. The van der Waals surface area contributed by atoms with E-state index in [4.69, 9.17) is 5.11 Å². The van der Waals surface area contributed by atoms with E-state index in [-0.39, 0.29) is 24.7 Å². The zero-order chi connectivity index (χ0) is 15.7. The summed E-state index contributed by atoms with van der Waals surface area (Å²) in [6.07, 6.45) is 0. The predicted octanol–water partition coefficient (Wildman–Crippen LogP) is 3.43. The van der Waals surface area contributed by atoms with Gasteiger partial charge in [-0.3, -0.25) is 10.1 Å². The van der Waals surface area contributed by atoms with Crippen molar-refractivity contribution in [3.05, 3.63) is 52.1 Å². The first kappa shape index (κ1) is 16.9. The number of fused-ring (bicyclic) bond motifs is 2. The van der Waals surface area contributed by atoms with Crippen LogP contribution in [0.15, 0.2) is 36.4 Å². The summed E-state index contributed by atoms with van der Waals surface area (Å²) in [5.74, 6) is 0. The van der Waals surface area contributed by atoms with Gasteiger partial charge in [0, 0.05) is 18.0 Å². The lowest BCUT2D eigenvalue weighted by Crippen LogP contribution is -2.08. The van der Waals surface area contributed by atoms with Crippen LogP contribution >= 0.6 is 12.4 Å². The van der Waals surface area contributed by atoms with Gasteiger partial charge in [0.05, 0.1) is 28.3 Å². The second-order valence-corrected chi connectivity index (χ2v) is 5.04. The predicted molar refractivity (Wildman–Crippen MR) is 93.5 cm³/mol. The average Bonchev–Trinajstić information content (AvgIpc) is 2.52. The molecule has 0 amide bonds. The third kappa shape index (κ3) is 2.91. The van der Waals surface area contributed by atoms with E-state index < -0.39 is 4.92 Å². The highest BCUT2D eigenvalue weighted by Gasteiger charge is 2.20. The van der Waals surface area contributed by atoms with Crippen LogP contribution in [0.25, 0.3) is 21.8 Å². The Hall–Kier alpha value is -2.44. The van der Waals surface area contributed by atoms with Crippen LogP contribution < -0.4 is 5.32 Å². The molecule has 0 saturated heterocycles. The Labute approximate surface area is 138 Å². The fraction of sp³-hybridized carbons (Fsp3) is 0.188. The number of nitrogens with zero attached hydrogens (tertiary/aromatic N) is 2. The second kappa shape index (κ2) is 6.76. The van der Waals surface area contributed by atoms with Crippen LogP contribution in [-0.4, -0.2) is 28.2 Å². The van der Waals surface area contributed by atoms with Crippen molar-refractivity contribution in [2.24, 2.45) is 0 Å². The van der Waals surface area contributed by atoms with Gasteiger partial charge in [-0.15, -0.1) is 12.4 Å². The number of nitrogens with one attached hydrogen (secondary N) is 1. The van der Waals surface area contributed by atoms with Gasteiger partial charge in [0.1, 0.15) is 5.39 Å². The third-order valence-electron chi connectivity index (χ3n) is 3.62. The van der Waals surface area contributed by atoms with Gasteiger partial charge >= 0.3 is 0 Å². The molecule has 2 N–H and O–H groups in total. The van der Waals surface area contributed by atoms with Crippen LogP contribution in [0.4, 0.5) is 11.4 Å². The Balaban J connectivity index is 0.00000192. The molecule has 0 aliphatic rings. The summed E-state index contributed by atoms with van der Waals surface area (Å²) in [5, 5.41) is 24.9. The first-order valence-corrected chi connectivity index (χ1v) is 6.94. The van der Waals surface area contributed by atoms with Crippen molar-refractivity contribution in [1.82, 2.24) is 4.98 Å². The second-order valence-electron chi connectivity index (χ2n) is 5.04.